The maximum absolute atomic E-state index is 12.2. The molecule has 4 aromatic carbocycles. The van der Waals surface area contributed by atoms with Crippen LogP contribution in [-0.4, -0.2) is 35.0 Å². The first-order valence-corrected chi connectivity index (χ1v) is 16.6. The number of rotatable bonds is 9. The van der Waals surface area contributed by atoms with Gasteiger partial charge in [0.05, 0.1) is 11.2 Å². The minimum Gasteiger partial charge on any atom is -0.326 e. The van der Waals surface area contributed by atoms with Crippen molar-refractivity contribution in [3.63, 3.8) is 0 Å². The molecule has 5 heteroatoms. The summed E-state index contributed by atoms with van der Waals surface area (Å²) in [7, 11) is 0. The van der Waals surface area contributed by atoms with Crippen LogP contribution >= 0.6 is 22.6 Å². The highest BCUT2D eigenvalue weighted by Crippen LogP contribution is 2.38. The number of benzene rings is 4. The van der Waals surface area contributed by atoms with Gasteiger partial charge in [-0.15, -0.1) is 0 Å². The molecule has 0 saturated carbocycles. The van der Waals surface area contributed by atoms with E-state index in [0.29, 0.717) is 5.92 Å². The highest BCUT2D eigenvalue weighted by molar-refractivity contribution is 14.1. The third kappa shape index (κ3) is 6.73. The summed E-state index contributed by atoms with van der Waals surface area (Å²) in [5, 5.41) is 4.42. The Hall–Kier alpha value is -3.42. The van der Waals surface area contributed by atoms with E-state index in [1.54, 1.807) is 0 Å². The molecule has 4 nitrogen and oxygen atoms in total. The van der Waals surface area contributed by atoms with Gasteiger partial charge in [0.1, 0.15) is 0 Å². The standard InChI is InChI=1S/C38H40IN3O/c1-27(2)38(43)40-32-14-9-11-29(26-32)28-20-23-41(24-21-28)22-10-18-35-34-17-6-7-19-36(34)42(33-15-4-3-5-16-33)37(35)30-12-8-13-31(39)25-30/h3-9,11-17,19,25-28H,10,18,20-24H2,1-2H3,(H,40,43). The normalized spacial score (nSPS) is 14.4. The Kier molecular flexibility index (Phi) is 9.29. The zero-order chi connectivity index (χ0) is 29.8. The molecule has 0 atom stereocenters. The van der Waals surface area contributed by atoms with Crippen molar-refractivity contribution in [3.8, 4) is 16.9 Å². The van der Waals surface area contributed by atoms with Crippen molar-refractivity contribution in [2.45, 2.75) is 45.4 Å². The van der Waals surface area contributed by atoms with Crippen LogP contribution in [0.3, 0.4) is 0 Å². The lowest BCUT2D eigenvalue weighted by Crippen LogP contribution is -2.33. The van der Waals surface area contributed by atoms with Crippen molar-refractivity contribution in [1.82, 2.24) is 9.47 Å². The number of anilines is 1. The average molecular weight is 682 g/mol. The number of hydrogen-bond donors (Lipinski definition) is 1. The van der Waals surface area contributed by atoms with Gasteiger partial charge >= 0.3 is 0 Å². The summed E-state index contributed by atoms with van der Waals surface area (Å²) in [6.45, 7) is 7.19. The van der Waals surface area contributed by atoms with E-state index in [9.17, 15) is 4.79 Å². The maximum Gasteiger partial charge on any atom is 0.226 e. The summed E-state index contributed by atoms with van der Waals surface area (Å²) in [4.78, 5) is 14.8. The molecule has 1 aromatic heterocycles. The van der Waals surface area contributed by atoms with E-state index in [1.807, 2.05) is 19.9 Å². The number of carbonyl (C=O) groups excluding carboxylic acids is 1. The zero-order valence-electron chi connectivity index (χ0n) is 25.1. The molecule has 1 saturated heterocycles. The van der Waals surface area contributed by atoms with Crippen molar-refractivity contribution in [1.29, 1.82) is 0 Å². The van der Waals surface area contributed by atoms with E-state index >= 15 is 0 Å². The Morgan fingerprint density at radius 1 is 0.884 bits per heavy atom. The lowest BCUT2D eigenvalue weighted by Gasteiger charge is -2.32. The molecule has 43 heavy (non-hydrogen) atoms. The number of nitrogens with one attached hydrogen (secondary N) is 1. The van der Waals surface area contributed by atoms with Crippen LogP contribution in [0, 0.1) is 9.49 Å². The first-order valence-electron chi connectivity index (χ1n) is 15.5. The summed E-state index contributed by atoms with van der Waals surface area (Å²) in [6, 6.07) is 37.0. The zero-order valence-corrected chi connectivity index (χ0v) is 27.3. The van der Waals surface area contributed by atoms with E-state index in [1.165, 1.54) is 42.5 Å². The molecular formula is C38H40IN3O. The first-order chi connectivity index (χ1) is 21.0. The van der Waals surface area contributed by atoms with Crippen LogP contribution in [0.5, 0.6) is 0 Å². The van der Waals surface area contributed by atoms with Gasteiger partial charge in [-0.1, -0.05) is 74.5 Å². The van der Waals surface area contributed by atoms with Crippen LogP contribution in [0.4, 0.5) is 5.69 Å². The van der Waals surface area contributed by atoms with Gasteiger partial charge in [-0.05, 0) is 133 Å². The SMILES string of the molecule is CC(C)C(=O)Nc1cccc(C2CCN(CCCc3c(-c4cccc(I)c4)n(-c4ccccc4)c4ccccc34)CC2)c1. The lowest BCUT2D eigenvalue weighted by atomic mass is 9.89. The Labute approximate surface area is 269 Å². The summed E-state index contributed by atoms with van der Waals surface area (Å²) >= 11 is 2.43. The average Bonchev–Trinajstić information content (AvgIpc) is 3.36. The monoisotopic (exact) mass is 681 g/mol. The van der Waals surface area contributed by atoms with Gasteiger partial charge in [-0.3, -0.25) is 4.79 Å². The minimum atomic E-state index is -0.0192. The number of para-hydroxylation sites is 2. The molecule has 220 valence electrons. The van der Waals surface area contributed by atoms with Crippen molar-refractivity contribution in [3.05, 3.63) is 118 Å². The van der Waals surface area contributed by atoms with Crippen LogP contribution in [-0.2, 0) is 11.2 Å². The van der Waals surface area contributed by atoms with Gasteiger partial charge in [-0.2, -0.15) is 0 Å². The van der Waals surface area contributed by atoms with E-state index in [-0.39, 0.29) is 11.8 Å². The molecule has 0 aliphatic carbocycles. The molecule has 0 radical (unpaired) electrons. The molecule has 1 amide bonds. The second kappa shape index (κ2) is 13.5. The lowest BCUT2D eigenvalue weighted by molar-refractivity contribution is -0.118. The van der Waals surface area contributed by atoms with Gasteiger partial charge in [0.2, 0.25) is 5.91 Å². The van der Waals surface area contributed by atoms with Gasteiger partial charge in [0.15, 0.2) is 0 Å². The molecule has 1 N–H and O–H groups in total. The molecule has 6 rings (SSSR count). The van der Waals surface area contributed by atoms with Crippen LogP contribution in [0.25, 0.3) is 27.8 Å². The number of likely N-dealkylation sites (tertiary alicyclic amines) is 1. The molecule has 5 aromatic rings. The second-order valence-corrected chi connectivity index (χ2v) is 13.3. The number of aryl methyl sites for hydroxylation is 1. The molecule has 0 spiro atoms. The third-order valence-corrected chi connectivity index (χ3v) is 9.40. The Balaban J connectivity index is 1.18. The van der Waals surface area contributed by atoms with Crippen LogP contribution in [0.2, 0.25) is 0 Å². The quantitative estimate of drug-likeness (QED) is 0.158. The number of aromatic nitrogens is 1. The van der Waals surface area contributed by atoms with E-state index in [0.717, 1.165) is 51.0 Å². The predicted molar refractivity (Wildman–Crippen MR) is 188 cm³/mol. The Morgan fingerprint density at radius 2 is 1.63 bits per heavy atom. The second-order valence-electron chi connectivity index (χ2n) is 12.0. The number of nitrogens with zero attached hydrogens (tertiary/aromatic N) is 2. The number of halogens is 1. The van der Waals surface area contributed by atoms with Gasteiger partial charge in [0.25, 0.3) is 0 Å². The number of carbonyl (C=O) groups is 1. The van der Waals surface area contributed by atoms with Crippen LogP contribution < -0.4 is 5.32 Å². The fourth-order valence-corrected chi connectivity index (χ4v) is 7.01. The largest absolute Gasteiger partial charge is 0.326 e. The van der Waals surface area contributed by atoms with Crippen LogP contribution in [0.1, 0.15) is 50.2 Å². The smallest absolute Gasteiger partial charge is 0.226 e. The molecule has 2 heterocycles. The number of amides is 1. The fourth-order valence-electron chi connectivity index (χ4n) is 6.47. The van der Waals surface area contributed by atoms with E-state index in [4.69, 9.17) is 0 Å². The first kappa shape index (κ1) is 29.6. The maximum atomic E-state index is 12.2. The van der Waals surface area contributed by atoms with Crippen molar-refractivity contribution in [2.75, 3.05) is 25.0 Å². The number of fused-ring (bicyclic) bond motifs is 1. The molecule has 0 bridgehead atoms. The predicted octanol–water partition coefficient (Wildman–Crippen LogP) is 9.31. The molecule has 1 aliphatic heterocycles. The van der Waals surface area contributed by atoms with Gasteiger partial charge in [-0.25, -0.2) is 0 Å². The number of piperidine rings is 1. The molecular weight excluding hydrogens is 641 g/mol. The Bertz CT molecular complexity index is 1700. The highest BCUT2D eigenvalue weighted by Gasteiger charge is 2.23. The summed E-state index contributed by atoms with van der Waals surface area (Å²) < 4.78 is 3.71. The molecule has 0 unspecified atom stereocenters. The number of hydrogen-bond acceptors (Lipinski definition) is 2. The van der Waals surface area contributed by atoms with Crippen molar-refractivity contribution >= 4 is 45.1 Å². The van der Waals surface area contributed by atoms with Gasteiger partial charge < -0.3 is 14.8 Å². The minimum absolute atomic E-state index is 0.0192. The van der Waals surface area contributed by atoms with Crippen molar-refractivity contribution in [2.24, 2.45) is 5.92 Å². The Morgan fingerprint density at radius 3 is 2.40 bits per heavy atom. The fraction of sp³-hybridized carbons (Fsp3) is 0.289. The highest BCUT2D eigenvalue weighted by atomic mass is 127. The summed E-state index contributed by atoms with van der Waals surface area (Å²) in [6.07, 6.45) is 4.48. The van der Waals surface area contributed by atoms with Crippen LogP contribution in [0.15, 0.2) is 103 Å². The third-order valence-electron chi connectivity index (χ3n) is 8.73. The van der Waals surface area contributed by atoms with E-state index < -0.39 is 0 Å². The molecule has 1 fully saturated rings. The summed E-state index contributed by atoms with van der Waals surface area (Å²) in [5.41, 5.74) is 8.76. The topological polar surface area (TPSA) is 37.3 Å². The summed E-state index contributed by atoms with van der Waals surface area (Å²) in [5.74, 6) is 0.599. The van der Waals surface area contributed by atoms with Crippen molar-refractivity contribution < 1.29 is 4.79 Å². The molecule has 1 aliphatic rings. The van der Waals surface area contributed by atoms with Gasteiger partial charge in [0, 0.05) is 26.2 Å². The van der Waals surface area contributed by atoms with E-state index in [2.05, 4.69) is 134 Å².